The second-order valence-electron chi connectivity index (χ2n) is 5.08. The molecule has 5 heteroatoms. The minimum absolute atomic E-state index is 0.479. The zero-order valence-corrected chi connectivity index (χ0v) is 11.6. The Hall–Kier alpha value is -0.940. The van der Waals surface area contributed by atoms with E-state index >= 15 is 0 Å². The lowest BCUT2D eigenvalue weighted by Gasteiger charge is -2.20. The monoisotopic (exact) mass is 239 g/mol. The highest BCUT2D eigenvalue weighted by Gasteiger charge is 2.05. The summed E-state index contributed by atoms with van der Waals surface area (Å²) >= 11 is 0. The molecule has 0 aromatic carbocycles. The maximum Gasteiger partial charge on any atom is 0.0964 e. The molecule has 0 radical (unpaired) electrons. The predicted molar refractivity (Wildman–Crippen MR) is 69.8 cm³/mol. The number of hydrogen-bond acceptors (Lipinski definition) is 4. The molecule has 0 bridgehead atoms. The van der Waals surface area contributed by atoms with Crippen LogP contribution in [0.1, 0.15) is 33.4 Å². The Kier molecular flexibility index (Phi) is 5.58. The summed E-state index contributed by atoms with van der Waals surface area (Å²) in [5.41, 5.74) is 1.01. The Labute approximate surface area is 104 Å². The lowest BCUT2D eigenvalue weighted by atomic mass is 10.3. The molecule has 0 aliphatic rings. The Morgan fingerprint density at radius 3 is 2.65 bits per heavy atom. The fraction of sp³-hybridized carbons (Fsp3) is 0.833. The van der Waals surface area contributed by atoms with Gasteiger partial charge in [-0.2, -0.15) is 0 Å². The van der Waals surface area contributed by atoms with Crippen molar-refractivity contribution in [3.63, 3.8) is 0 Å². The first-order valence-electron chi connectivity index (χ1n) is 6.31. The Morgan fingerprint density at radius 1 is 1.35 bits per heavy atom. The highest BCUT2D eigenvalue weighted by atomic mass is 15.4. The van der Waals surface area contributed by atoms with Crippen molar-refractivity contribution < 1.29 is 0 Å². The van der Waals surface area contributed by atoms with Crippen LogP contribution in [-0.4, -0.2) is 45.6 Å². The lowest BCUT2D eigenvalue weighted by molar-refractivity contribution is 0.258. The van der Waals surface area contributed by atoms with Crippen molar-refractivity contribution in [2.45, 2.75) is 52.9 Å². The van der Waals surface area contributed by atoms with Crippen LogP contribution in [0.25, 0.3) is 0 Å². The van der Waals surface area contributed by atoms with Crippen molar-refractivity contribution in [2.24, 2.45) is 0 Å². The standard InChI is InChI=1S/C12H25N5/c1-10(2)13-8-12-9-17(15-14-12)7-6-16(5)11(3)4/h9-11,13H,6-8H2,1-5H3. The third kappa shape index (κ3) is 5.28. The number of hydrogen-bond donors (Lipinski definition) is 1. The van der Waals surface area contributed by atoms with E-state index in [0.717, 1.165) is 25.3 Å². The van der Waals surface area contributed by atoms with E-state index in [4.69, 9.17) is 0 Å². The van der Waals surface area contributed by atoms with E-state index < -0.39 is 0 Å². The zero-order chi connectivity index (χ0) is 12.8. The molecular weight excluding hydrogens is 214 g/mol. The van der Waals surface area contributed by atoms with Gasteiger partial charge in [0.25, 0.3) is 0 Å². The van der Waals surface area contributed by atoms with Crippen molar-refractivity contribution in [1.82, 2.24) is 25.2 Å². The van der Waals surface area contributed by atoms with Crippen LogP contribution in [0.4, 0.5) is 0 Å². The van der Waals surface area contributed by atoms with Gasteiger partial charge in [-0.15, -0.1) is 5.10 Å². The Bertz CT molecular complexity index is 318. The number of aromatic nitrogens is 3. The quantitative estimate of drug-likeness (QED) is 0.774. The van der Waals surface area contributed by atoms with Gasteiger partial charge in [0, 0.05) is 31.4 Å². The number of likely N-dealkylation sites (N-methyl/N-ethyl adjacent to an activating group) is 1. The molecule has 0 unspecified atom stereocenters. The smallest absolute Gasteiger partial charge is 0.0964 e. The first-order chi connectivity index (χ1) is 7.99. The molecule has 5 nitrogen and oxygen atoms in total. The van der Waals surface area contributed by atoms with Gasteiger partial charge in [-0.05, 0) is 20.9 Å². The van der Waals surface area contributed by atoms with Crippen LogP contribution in [-0.2, 0) is 13.1 Å². The fourth-order valence-electron chi connectivity index (χ4n) is 1.36. The molecule has 0 aliphatic carbocycles. The molecule has 0 amide bonds. The maximum absolute atomic E-state index is 4.14. The third-order valence-electron chi connectivity index (χ3n) is 2.84. The summed E-state index contributed by atoms with van der Waals surface area (Å²) in [6.45, 7) is 11.3. The van der Waals surface area contributed by atoms with E-state index in [9.17, 15) is 0 Å². The van der Waals surface area contributed by atoms with Gasteiger partial charge >= 0.3 is 0 Å². The zero-order valence-electron chi connectivity index (χ0n) is 11.6. The van der Waals surface area contributed by atoms with E-state index in [1.807, 2.05) is 10.9 Å². The summed E-state index contributed by atoms with van der Waals surface area (Å²) in [4.78, 5) is 2.30. The minimum Gasteiger partial charge on any atom is -0.309 e. The number of rotatable bonds is 7. The van der Waals surface area contributed by atoms with E-state index in [1.54, 1.807) is 0 Å². The maximum atomic E-state index is 4.14. The molecular formula is C12H25N5. The van der Waals surface area contributed by atoms with Crippen molar-refractivity contribution >= 4 is 0 Å². The molecule has 0 saturated carbocycles. The van der Waals surface area contributed by atoms with Gasteiger partial charge < -0.3 is 10.2 Å². The molecule has 0 saturated heterocycles. The molecule has 1 N–H and O–H groups in total. The molecule has 1 heterocycles. The summed E-state index contributed by atoms with van der Waals surface area (Å²) < 4.78 is 1.91. The van der Waals surface area contributed by atoms with Gasteiger partial charge in [-0.3, -0.25) is 4.68 Å². The molecule has 0 atom stereocenters. The Morgan fingerprint density at radius 2 is 2.06 bits per heavy atom. The van der Waals surface area contributed by atoms with E-state index in [1.165, 1.54) is 0 Å². The molecule has 1 rings (SSSR count). The van der Waals surface area contributed by atoms with Crippen molar-refractivity contribution in [2.75, 3.05) is 13.6 Å². The summed E-state index contributed by atoms with van der Waals surface area (Å²) in [5, 5.41) is 11.6. The average Bonchev–Trinajstić information content (AvgIpc) is 2.70. The summed E-state index contributed by atoms with van der Waals surface area (Å²) in [7, 11) is 2.13. The highest BCUT2D eigenvalue weighted by Crippen LogP contribution is 1.97. The highest BCUT2D eigenvalue weighted by molar-refractivity contribution is 4.91. The van der Waals surface area contributed by atoms with Crippen molar-refractivity contribution in [1.29, 1.82) is 0 Å². The number of nitrogens with one attached hydrogen (secondary N) is 1. The van der Waals surface area contributed by atoms with Gasteiger partial charge in [-0.25, -0.2) is 0 Å². The molecule has 0 aliphatic heterocycles. The average molecular weight is 239 g/mol. The van der Waals surface area contributed by atoms with Gasteiger partial charge in [0.2, 0.25) is 0 Å². The van der Waals surface area contributed by atoms with Gasteiger partial charge in [0.15, 0.2) is 0 Å². The molecule has 17 heavy (non-hydrogen) atoms. The van der Waals surface area contributed by atoms with Crippen LogP contribution >= 0.6 is 0 Å². The largest absolute Gasteiger partial charge is 0.309 e. The first kappa shape index (κ1) is 14.1. The van der Waals surface area contributed by atoms with E-state index in [2.05, 4.69) is 55.3 Å². The normalized spacial score (nSPS) is 12.0. The second kappa shape index (κ2) is 6.71. The number of nitrogens with zero attached hydrogens (tertiary/aromatic N) is 4. The van der Waals surface area contributed by atoms with Crippen LogP contribution in [0.2, 0.25) is 0 Å². The molecule has 1 aromatic rings. The SMILES string of the molecule is CC(C)NCc1cn(CCN(C)C(C)C)nn1. The van der Waals surface area contributed by atoms with Crippen LogP contribution < -0.4 is 5.32 Å². The second-order valence-corrected chi connectivity index (χ2v) is 5.08. The molecule has 0 fully saturated rings. The van der Waals surface area contributed by atoms with Gasteiger partial charge in [0.05, 0.1) is 12.2 Å². The Balaban J connectivity index is 2.35. The minimum atomic E-state index is 0.479. The van der Waals surface area contributed by atoms with Crippen LogP contribution in [0, 0.1) is 0 Å². The van der Waals surface area contributed by atoms with Crippen molar-refractivity contribution in [3.8, 4) is 0 Å². The molecule has 1 aromatic heterocycles. The van der Waals surface area contributed by atoms with E-state index in [0.29, 0.717) is 12.1 Å². The third-order valence-corrected chi connectivity index (χ3v) is 2.84. The first-order valence-corrected chi connectivity index (χ1v) is 6.31. The lowest BCUT2D eigenvalue weighted by Crippen LogP contribution is -2.29. The van der Waals surface area contributed by atoms with Crippen LogP contribution in [0.5, 0.6) is 0 Å². The van der Waals surface area contributed by atoms with Gasteiger partial charge in [-0.1, -0.05) is 19.1 Å². The molecule has 0 spiro atoms. The summed E-state index contributed by atoms with van der Waals surface area (Å²) in [6.07, 6.45) is 2.02. The summed E-state index contributed by atoms with van der Waals surface area (Å²) in [6, 6.07) is 1.05. The predicted octanol–water partition coefficient (Wildman–Crippen LogP) is 1.12. The van der Waals surface area contributed by atoms with Crippen LogP contribution in [0.3, 0.4) is 0 Å². The van der Waals surface area contributed by atoms with Crippen molar-refractivity contribution in [3.05, 3.63) is 11.9 Å². The van der Waals surface area contributed by atoms with Gasteiger partial charge in [0.1, 0.15) is 0 Å². The fourth-order valence-corrected chi connectivity index (χ4v) is 1.36. The summed E-state index contributed by atoms with van der Waals surface area (Å²) in [5.74, 6) is 0. The topological polar surface area (TPSA) is 46.0 Å². The van der Waals surface area contributed by atoms with E-state index in [-0.39, 0.29) is 0 Å². The van der Waals surface area contributed by atoms with Crippen LogP contribution in [0.15, 0.2) is 6.20 Å². The molecule has 98 valence electrons.